The fourth-order valence-electron chi connectivity index (χ4n) is 1.94. The summed E-state index contributed by atoms with van der Waals surface area (Å²) >= 11 is 0. The first-order chi connectivity index (χ1) is 11.3. The minimum absolute atomic E-state index is 0.487. The number of halogens is 6. The minimum Gasteiger partial charge on any atom is -0.463 e. The van der Waals surface area contributed by atoms with Crippen LogP contribution in [0.1, 0.15) is 19.4 Å². The number of hydrogen-bond acceptors (Lipinski definition) is 4. The fourth-order valence-corrected chi connectivity index (χ4v) is 1.94. The van der Waals surface area contributed by atoms with Gasteiger partial charge in [0.1, 0.15) is 0 Å². The van der Waals surface area contributed by atoms with Gasteiger partial charge in [-0.05, 0) is 19.1 Å². The average molecular weight is 372 g/mol. The maximum Gasteiger partial charge on any atom is 0.441 e. The van der Waals surface area contributed by atoms with E-state index in [0.29, 0.717) is 19.1 Å². The van der Waals surface area contributed by atoms with E-state index < -0.39 is 47.7 Å². The highest BCUT2D eigenvalue weighted by Gasteiger charge is 2.63. The van der Waals surface area contributed by atoms with Crippen molar-refractivity contribution >= 4 is 17.6 Å². The lowest BCUT2D eigenvalue weighted by Gasteiger charge is -2.35. The van der Waals surface area contributed by atoms with Crippen LogP contribution in [-0.2, 0) is 20.5 Å². The molecule has 1 amide bonds. The summed E-state index contributed by atoms with van der Waals surface area (Å²) in [5, 5.41) is 2.80. The molecule has 1 aromatic rings. The molecule has 0 aromatic heterocycles. The van der Waals surface area contributed by atoms with E-state index in [1.165, 1.54) is 17.6 Å². The monoisotopic (exact) mass is 372 g/mol. The van der Waals surface area contributed by atoms with Crippen molar-refractivity contribution in [2.75, 3.05) is 11.9 Å². The van der Waals surface area contributed by atoms with E-state index in [9.17, 15) is 35.9 Å². The van der Waals surface area contributed by atoms with Crippen molar-refractivity contribution in [3.05, 3.63) is 29.8 Å². The van der Waals surface area contributed by atoms with Crippen LogP contribution >= 0.6 is 0 Å². The van der Waals surface area contributed by atoms with Crippen LogP contribution in [0.4, 0.5) is 32.0 Å². The average Bonchev–Trinajstić information content (AvgIpc) is 2.44. The number of carbonyl (C=O) groups is 2. The number of nitrogens with one attached hydrogen (secondary N) is 2. The smallest absolute Gasteiger partial charge is 0.441 e. The third-order valence-corrected chi connectivity index (χ3v) is 2.92. The molecule has 2 N–H and O–H groups in total. The lowest BCUT2D eigenvalue weighted by molar-refractivity contribution is -0.207. The molecule has 0 unspecified atom stereocenters. The lowest BCUT2D eigenvalue weighted by atomic mass is 10.1. The number of amides is 1. The summed E-state index contributed by atoms with van der Waals surface area (Å²) in [6.45, 7) is 1.40. The number of esters is 1. The fraction of sp³-hybridized carbons (Fsp3) is 0.429. The molecule has 0 aliphatic rings. The summed E-state index contributed by atoms with van der Waals surface area (Å²) in [5.41, 5.74) is -6.37. The van der Waals surface area contributed by atoms with Gasteiger partial charge in [-0.3, -0.25) is 4.79 Å². The molecule has 0 aliphatic heterocycles. The number of benzene rings is 1. The molecule has 1 atom stereocenters. The predicted molar refractivity (Wildman–Crippen MR) is 74.3 cm³/mol. The Morgan fingerprint density at radius 3 is 2.08 bits per heavy atom. The summed E-state index contributed by atoms with van der Waals surface area (Å²) in [7, 11) is 0. The Balaban J connectivity index is 3.54. The summed E-state index contributed by atoms with van der Waals surface area (Å²) in [6, 6.07) is 3.23. The first kappa shape index (κ1) is 20.6. The van der Waals surface area contributed by atoms with Crippen molar-refractivity contribution in [1.29, 1.82) is 0 Å². The number of carbonyl (C=O) groups excluding carboxylic acids is 2. The first-order valence-corrected chi connectivity index (χ1v) is 6.82. The Morgan fingerprint density at radius 1 is 1.08 bits per heavy atom. The van der Waals surface area contributed by atoms with Crippen molar-refractivity contribution in [3.63, 3.8) is 0 Å². The SMILES string of the molecule is CCOC(=O)[C@@](NC(C)=O)(Nc1ccccc1C(F)(F)F)C(F)(F)F. The second-order valence-corrected chi connectivity index (χ2v) is 4.82. The Labute approximate surface area is 138 Å². The zero-order valence-corrected chi connectivity index (χ0v) is 13.0. The highest BCUT2D eigenvalue weighted by atomic mass is 19.4. The summed E-state index contributed by atoms with van der Waals surface area (Å²) in [5.74, 6) is -3.29. The quantitative estimate of drug-likeness (QED) is 0.474. The molecule has 0 radical (unpaired) electrons. The van der Waals surface area contributed by atoms with Gasteiger partial charge in [-0.2, -0.15) is 26.3 Å². The molecular weight excluding hydrogens is 358 g/mol. The topological polar surface area (TPSA) is 67.4 Å². The zero-order valence-electron chi connectivity index (χ0n) is 13.0. The Bertz CT molecular complexity index is 644. The van der Waals surface area contributed by atoms with Gasteiger partial charge < -0.3 is 15.4 Å². The van der Waals surface area contributed by atoms with Gasteiger partial charge in [0.15, 0.2) is 0 Å². The molecule has 1 rings (SSSR count). The number of ether oxygens (including phenoxy) is 1. The van der Waals surface area contributed by atoms with Crippen LogP contribution in [0.25, 0.3) is 0 Å². The molecule has 0 heterocycles. The summed E-state index contributed by atoms with van der Waals surface area (Å²) < 4.78 is 84.0. The summed E-state index contributed by atoms with van der Waals surface area (Å²) in [6.07, 6.45) is -10.5. The lowest BCUT2D eigenvalue weighted by Crippen LogP contribution is -2.69. The van der Waals surface area contributed by atoms with Gasteiger partial charge in [0.25, 0.3) is 0 Å². The van der Waals surface area contributed by atoms with Crippen molar-refractivity contribution in [2.24, 2.45) is 0 Å². The molecule has 0 fully saturated rings. The molecule has 25 heavy (non-hydrogen) atoms. The number of para-hydroxylation sites is 1. The predicted octanol–water partition coefficient (Wildman–Crippen LogP) is 3.08. The molecule has 5 nitrogen and oxygen atoms in total. The van der Waals surface area contributed by atoms with Crippen molar-refractivity contribution in [2.45, 2.75) is 31.9 Å². The maximum absolute atomic E-state index is 13.6. The summed E-state index contributed by atoms with van der Waals surface area (Å²) in [4.78, 5) is 23.1. The largest absolute Gasteiger partial charge is 0.463 e. The Morgan fingerprint density at radius 2 is 1.64 bits per heavy atom. The molecule has 0 aliphatic carbocycles. The van der Waals surface area contributed by atoms with E-state index in [4.69, 9.17) is 0 Å². The Hall–Kier alpha value is -2.46. The molecule has 0 saturated heterocycles. The molecule has 0 spiro atoms. The van der Waals surface area contributed by atoms with E-state index in [-0.39, 0.29) is 0 Å². The standard InChI is InChI=1S/C14H14F6N2O3/c1-3-25-11(24)12(14(18,19)20,21-8(2)23)22-10-7-5-4-6-9(10)13(15,16)17/h4-7,22H,3H2,1-2H3,(H,21,23)/t12-/m1/s1. The van der Waals surface area contributed by atoms with Crippen LogP contribution in [0.3, 0.4) is 0 Å². The number of hydrogen-bond donors (Lipinski definition) is 2. The minimum atomic E-state index is -5.50. The van der Waals surface area contributed by atoms with Crippen LogP contribution < -0.4 is 10.6 Å². The van der Waals surface area contributed by atoms with Crippen molar-refractivity contribution < 1.29 is 40.7 Å². The number of rotatable bonds is 5. The van der Waals surface area contributed by atoms with Crippen molar-refractivity contribution in [3.8, 4) is 0 Å². The van der Waals surface area contributed by atoms with Gasteiger partial charge in [-0.1, -0.05) is 12.1 Å². The molecule has 11 heteroatoms. The van der Waals surface area contributed by atoms with E-state index >= 15 is 0 Å². The van der Waals surface area contributed by atoms with Gasteiger partial charge in [-0.15, -0.1) is 0 Å². The van der Waals surface area contributed by atoms with Crippen LogP contribution in [0.2, 0.25) is 0 Å². The highest BCUT2D eigenvalue weighted by molar-refractivity contribution is 5.91. The van der Waals surface area contributed by atoms with Crippen LogP contribution in [-0.4, -0.2) is 30.3 Å². The normalized spacial score (nSPS) is 14.4. The van der Waals surface area contributed by atoms with Crippen LogP contribution in [0.15, 0.2) is 24.3 Å². The van der Waals surface area contributed by atoms with Crippen LogP contribution in [0.5, 0.6) is 0 Å². The van der Waals surface area contributed by atoms with E-state index in [1.54, 1.807) is 0 Å². The van der Waals surface area contributed by atoms with Gasteiger partial charge in [-0.25, -0.2) is 4.79 Å². The number of alkyl halides is 6. The first-order valence-electron chi connectivity index (χ1n) is 6.82. The molecule has 0 bridgehead atoms. The third kappa shape index (κ3) is 4.54. The van der Waals surface area contributed by atoms with Gasteiger partial charge >= 0.3 is 24.0 Å². The van der Waals surface area contributed by atoms with Gasteiger partial charge in [0, 0.05) is 12.6 Å². The van der Waals surface area contributed by atoms with Crippen LogP contribution in [0, 0.1) is 0 Å². The second-order valence-electron chi connectivity index (χ2n) is 4.82. The molecular formula is C14H14F6N2O3. The van der Waals surface area contributed by atoms with E-state index in [1.807, 2.05) is 0 Å². The highest BCUT2D eigenvalue weighted by Crippen LogP contribution is 2.39. The molecule has 140 valence electrons. The van der Waals surface area contributed by atoms with E-state index in [0.717, 1.165) is 12.1 Å². The molecule has 1 aromatic carbocycles. The zero-order chi connectivity index (χ0) is 19.5. The number of anilines is 1. The molecule has 0 saturated carbocycles. The van der Waals surface area contributed by atoms with Crippen molar-refractivity contribution in [1.82, 2.24) is 5.32 Å². The van der Waals surface area contributed by atoms with Gasteiger partial charge in [0.05, 0.1) is 12.2 Å². The maximum atomic E-state index is 13.6. The third-order valence-electron chi connectivity index (χ3n) is 2.92. The van der Waals surface area contributed by atoms with E-state index in [2.05, 4.69) is 4.74 Å². The van der Waals surface area contributed by atoms with Gasteiger partial charge in [0.2, 0.25) is 5.91 Å². The Kier molecular flexibility index (Phi) is 5.92. The second kappa shape index (κ2) is 7.19.